The predicted molar refractivity (Wildman–Crippen MR) is 100 cm³/mol. The molecule has 5 nitrogen and oxygen atoms in total. The Morgan fingerprint density at radius 3 is 2.48 bits per heavy atom. The highest BCUT2D eigenvalue weighted by Gasteiger charge is 2.05. The molecule has 0 aliphatic rings. The number of benzene rings is 2. The number of para-hydroxylation sites is 2. The fourth-order valence-corrected chi connectivity index (χ4v) is 2.29. The molecule has 0 saturated heterocycles. The Morgan fingerprint density at radius 1 is 1.08 bits per heavy atom. The number of amides is 1. The molecule has 0 aromatic heterocycles. The third-order valence-electron chi connectivity index (χ3n) is 3.41. The summed E-state index contributed by atoms with van der Waals surface area (Å²) < 4.78 is 11.1. The molecule has 2 aromatic carbocycles. The van der Waals surface area contributed by atoms with Crippen LogP contribution in [0.2, 0.25) is 0 Å². The number of rotatable bonds is 9. The van der Waals surface area contributed by atoms with E-state index in [4.69, 9.17) is 9.47 Å². The molecule has 0 bridgehead atoms. The lowest BCUT2D eigenvalue weighted by Gasteiger charge is -2.12. The molecular formula is C20H26N2O3. The number of ether oxygens (including phenoxy) is 2. The Hall–Kier alpha value is -2.69. The molecule has 0 spiro atoms. The largest absolute Gasteiger partial charge is 0.492 e. The van der Waals surface area contributed by atoms with Gasteiger partial charge < -0.3 is 20.1 Å². The lowest BCUT2D eigenvalue weighted by atomic mass is 10.2. The van der Waals surface area contributed by atoms with Gasteiger partial charge in [-0.05, 0) is 50.6 Å². The summed E-state index contributed by atoms with van der Waals surface area (Å²) >= 11 is 0. The van der Waals surface area contributed by atoms with Crippen molar-refractivity contribution in [3.63, 3.8) is 0 Å². The van der Waals surface area contributed by atoms with Crippen LogP contribution < -0.4 is 20.1 Å². The molecule has 2 N–H and O–H groups in total. The Morgan fingerprint density at radius 2 is 1.80 bits per heavy atom. The highest BCUT2D eigenvalue weighted by molar-refractivity contribution is 5.81. The Balaban J connectivity index is 1.79. The number of hydrogen-bond acceptors (Lipinski definition) is 4. The molecule has 0 aliphatic heterocycles. The summed E-state index contributed by atoms with van der Waals surface area (Å²) in [7, 11) is 0. The molecule has 0 saturated carbocycles. The predicted octanol–water partition coefficient (Wildman–Crippen LogP) is 3.60. The Labute approximate surface area is 149 Å². The highest BCUT2D eigenvalue weighted by Crippen LogP contribution is 2.23. The van der Waals surface area contributed by atoms with E-state index in [9.17, 15) is 4.79 Å². The van der Waals surface area contributed by atoms with Gasteiger partial charge in [-0.1, -0.05) is 24.3 Å². The Kier molecular flexibility index (Phi) is 7.14. The lowest BCUT2D eigenvalue weighted by Crippen LogP contribution is -2.29. The van der Waals surface area contributed by atoms with Gasteiger partial charge in [0.25, 0.3) is 0 Å². The summed E-state index contributed by atoms with van der Waals surface area (Å²) in [4.78, 5) is 12.0. The fraction of sp³-hybridized carbons (Fsp3) is 0.350. The van der Waals surface area contributed by atoms with Crippen LogP contribution in [0.5, 0.6) is 11.5 Å². The Bertz CT molecular complexity index is 669. The van der Waals surface area contributed by atoms with Crippen molar-refractivity contribution in [2.45, 2.75) is 33.4 Å². The van der Waals surface area contributed by atoms with Crippen LogP contribution in [0.15, 0.2) is 48.5 Å². The van der Waals surface area contributed by atoms with E-state index in [1.54, 1.807) is 0 Å². The zero-order chi connectivity index (χ0) is 18.1. The van der Waals surface area contributed by atoms with Gasteiger partial charge in [-0.3, -0.25) is 4.79 Å². The van der Waals surface area contributed by atoms with Crippen molar-refractivity contribution in [2.24, 2.45) is 0 Å². The number of hydrogen-bond donors (Lipinski definition) is 2. The van der Waals surface area contributed by atoms with Crippen LogP contribution in [0, 0.1) is 0 Å². The van der Waals surface area contributed by atoms with Gasteiger partial charge >= 0.3 is 0 Å². The molecule has 134 valence electrons. The lowest BCUT2D eigenvalue weighted by molar-refractivity contribution is -0.119. The molecule has 0 fully saturated rings. The van der Waals surface area contributed by atoms with Gasteiger partial charge in [0.2, 0.25) is 5.91 Å². The molecular weight excluding hydrogens is 316 g/mol. The third-order valence-corrected chi connectivity index (χ3v) is 3.41. The second-order valence-electron chi connectivity index (χ2n) is 5.87. The van der Waals surface area contributed by atoms with Crippen molar-refractivity contribution in [1.29, 1.82) is 0 Å². The van der Waals surface area contributed by atoms with E-state index in [-0.39, 0.29) is 18.6 Å². The first kappa shape index (κ1) is 18.6. The zero-order valence-electron chi connectivity index (χ0n) is 15.0. The van der Waals surface area contributed by atoms with Gasteiger partial charge in [-0.15, -0.1) is 0 Å². The van der Waals surface area contributed by atoms with Crippen LogP contribution in [0.25, 0.3) is 0 Å². The van der Waals surface area contributed by atoms with E-state index < -0.39 is 0 Å². The number of carbonyl (C=O) groups excluding carboxylic acids is 1. The van der Waals surface area contributed by atoms with Crippen molar-refractivity contribution >= 4 is 11.6 Å². The van der Waals surface area contributed by atoms with E-state index in [1.807, 2.05) is 69.3 Å². The van der Waals surface area contributed by atoms with Crippen LogP contribution in [0.1, 0.15) is 26.3 Å². The van der Waals surface area contributed by atoms with Gasteiger partial charge in [-0.2, -0.15) is 0 Å². The second-order valence-corrected chi connectivity index (χ2v) is 5.87. The molecule has 25 heavy (non-hydrogen) atoms. The summed E-state index contributed by atoms with van der Waals surface area (Å²) in [6, 6.07) is 15.3. The number of carbonyl (C=O) groups is 1. The van der Waals surface area contributed by atoms with Gasteiger partial charge in [-0.25, -0.2) is 0 Å². The zero-order valence-corrected chi connectivity index (χ0v) is 15.0. The molecule has 2 rings (SSSR count). The summed E-state index contributed by atoms with van der Waals surface area (Å²) in [6.45, 7) is 7.17. The third kappa shape index (κ3) is 6.37. The monoisotopic (exact) mass is 342 g/mol. The van der Waals surface area contributed by atoms with Crippen molar-refractivity contribution in [3.05, 3.63) is 54.1 Å². The van der Waals surface area contributed by atoms with Gasteiger partial charge in [0.05, 0.1) is 24.9 Å². The summed E-state index contributed by atoms with van der Waals surface area (Å²) in [5, 5.41) is 6.01. The molecule has 5 heteroatoms. The second kappa shape index (κ2) is 9.57. The van der Waals surface area contributed by atoms with Crippen LogP contribution in [-0.2, 0) is 11.3 Å². The first-order valence-electron chi connectivity index (χ1n) is 8.56. The minimum Gasteiger partial charge on any atom is -0.492 e. The maximum atomic E-state index is 12.0. The van der Waals surface area contributed by atoms with Crippen molar-refractivity contribution in [3.8, 4) is 11.5 Å². The maximum absolute atomic E-state index is 12.0. The average molecular weight is 342 g/mol. The molecule has 0 heterocycles. The van der Waals surface area contributed by atoms with Crippen LogP contribution in [0.3, 0.4) is 0 Å². The first-order chi connectivity index (χ1) is 12.1. The van der Waals surface area contributed by atoms with Crippen molar-refractivity contribution in [1.82, 2.24) is 5.32 Å². The minimum atomic E-state index is -0.0752. The summed E-state index contributed by atoms with van der Waals surface area (Å²) in [5.41, 5.74) is 1.84. The quantitative estimate of drug-likeness (QED) is 0.731. The molecule has 0 radical (unpaired) electrons. The fourth-order valence-electron chi connectivity index (χ4n) is 2.29. The van der Waals surface area contributed by atoms with E-state index in [2.05, 4.69) is 10.6 Å². The number of anilines is 1. The van der Waals surface area contributed by atoms with Crippen LogP contribution in [0.4, 0.5) is 5.69 Å². The van der Waals surface area contributed by atoms with Gasteiger partial charge in [0.15, 0.2) is 0 Å². The SMILES string of the molecule is CCOc1ccccc1NCC(=O)NCc1ccc(OC(C)C)cc1. The molecule has 0 unspecified atom stereocenters. The van der Waals surface area contributed by atoms with Gasteiger partial charge in [0, 0.05) is 6.54 Å². The molecule has 1 amide bonds. The van der Waals surface area contributed by atoms with Crippen molar-refractivity contribution in [2.75, 3.05) is 18.5 Å². The van der Waals surface area contributed by atoms with Crippen LogP contribution >= 0.6 is 0 Å². The molecule has 2 aromatic rings. The van der Waals surface area contributed by atoms with E-state index in [0.29, 0.717) is 13.2 Å². The van der Waals surface area contributed by atoms with Crippen molar-refractivity contribution < 1.29 is 14.3 Å². The standard InChI is InChI=1S/C20H26N2O3/c1-4-24-19-8-6-5-7-18(19)21-14-20(23)22-13-16-9-11-17(12-10-16)25-15(2)3/h5-12,15,21H,4,13-14H2,1-3H3,(H,22,23). The summed E-state index contributed by atoms with van der Waals surface area (Å²) in [6.07, 6.45) is 0.149. The summed E-state index contributed by atoms with van der Waals surface area (Å²) in [5.74, 6) is 1.51. The average Bonchev–Trinajstić information content (AvgIpc) is 2.60. The molecule has 0 atom stereocenters. The number of nitrogens with one attached hydrogen (secondary N) is 2. The minimum absolute atomic E-state index is 0.0752. The maximum Gasteiger partial charge on any atom is 0.239 e. The van der Waals surface area contributed by atoms with E-state index in [0.717, 1.165) is 22.7 Å². The van der Waals surface area contributed by atoms with E-state index >= 15 is 0 Å². The normalized spacial score (nSPS) is 10.4. The first-order valence-corrected chi connectivity index (χ1v) is 8.56. The van der Waals surface area contributed by atoms with Crippen LogP contribution in [-0.4, -0.2) is 25.2 Å². The topological polar surface area (TPSA) is 59.6 Å². The van der Waals surface area contributed by atoms with Gasteiger partial charge in [0.1, 0.15) is 11.5 Å². The highest BCUT2D eigenvalue weighted by atomic mass is 16.5. The van der Waals surface area contributed by atoms with E-state index in [1.165, 1.54) is 0 Å². The smallest absolute Gasteiger partial charge is 0.239 e. The molecule has 0 aliphatic carbocycles.